The molecule has 3 N–H and O–H groups in total. The van der Waals surface area contributed by atoms with Gasteiger partial charge in [0, 0.05) is 6.54 Å². The monoisotopic (exact) mass is 331 g/mol. The third kappa shape index (κ3) is 4.60. The summed E-state index contributed by atoms with van der Waals surface area (Å²) in [6.07, 6.45) is 1.60. The maximum atomic E-state index is 12.5. The lowest BCUT2D eigenvalue weighted by molar-refractivity contribution is -0.119. The van der Waals surface area contributed by atoms with Crippen molar-refractivity contribution in [2.24, 2.45) is 5.73 Å². The highest BCUT2D eigenvalue weighted by atomic mass is 16.5. The molecule has 0 spiro atoms. The second-order valence-electron chi connectivity index (χ2n) is 5.46. The fourth-order valence-corrected chi connectivity index (χ4v) is 2.23. The number of ether oxygens (including phenoxy) is 1. The highest BCUT2D eigenvalue weighted by molar-refractivity contribution is 5.97. The molecule has 7 nitrogen and oxygen atoms in total. The molecule has 1 heterocycles. The van der Waals surface area contributed by atoms with Crippen LogP contribution in [0.25, 0.3) is 0 Å². The summed E-state index contributed by atoms with van der Waals surface area (Å²) in [5, 5.41) is 2.86. The number of primary amides is 1. The number of amides is 2. The van der Waals surface area contributed by atoms with Crippen LogP contribution in [-0.4, -0.2) is 44.0 Å². The minimum absolute atomic E-state index is 0.0948. The first-order valence-electron chi connectivity index (χ1n) is 7.47. The number of hydrogen-bond acceptors (Lipinski definition) is 5. The van der Waals surface area contributed by atoms with Crippen LogP contribution in [0.2, 0.25) is 0 Å². The van der Waals surface area contributed by atoms with Gasteiger partial charge in [0.15, 0.2) is 6.61 Å². The fourth-order valence-electron chi connectivity index (χ4n) is 2.23. The molecule has 1 aromatic carbocycles. The minimum atomic E-state index is -0.601. The van der Waals surface area contributed by atoms with Gasteiger partial charge >= 0.3 is 0 Å². The summed E-state index contributed by atoms with van der Waals surface area (Å²) in [5.41, 5.74) is 5.42. The summed E-state index contributed by atoms with van der Waals surface area (Å²) in [4.78, 5) is 25.3. The number of likely N-dealkylation sites (N-methyl/N-ethyl adjacent to an activating group) is 1. The Morgan fingerprint density at radius 2 is 2.00 bits per heavy atom. The van der Waals surface area contributed by atoms with Gasteiger partial charge in [0.2, 0.25) is 0 Å². The summed E-state index contributed by atoms with van der Waals surface area (Å²) in [6.45, 7) is 0.0838. The maximum Gasteiger partial charge on any atom is 0.255 e. The minimum Gasteiger partial charge on any atom is -0.483 e. The molecule has 2 amide bonds. The van der Waals surface area contributed by atoms with Crippen molar-refractivity contribution in [1.82, 2.24) is 10.2 Å². The average molecular weight is 331 g/mol. The van der Waals surface area contributed by atoms with E-state index in [4.69, 9.17) is 14.9 Å². The number of carbonyl (C=O) groups excluding carboxylic acids is 2. The van der Waals surface area contributed by atoms with Gasteiger partial charge in [-0.25, -0.2) is 0 Å². The second kappa shape index (κ2) is 8.16. The molecule has 2 aromatic rings. The van der Waals surface area contributed by atoms with E-state index in [0.29, 0.717) is 17.9 Å². The smallest absolute Gasteiger partial charge is 0.255 e. The Labute approximate surface area is 140 Å². The van der Waals surface area contributed by atoms with Crippen molar-refractivity contribution in [1.29, 1.82) is 0 Å². The van der Waals surface area contributed by atoms with Crippen LogP contribution in [-0.2, 0) is 4.79 Å². The van der Waals surface area contributed by atoms with Crippen molar-refractivity contribution >= 4 is 11.8 Å². The summed E-state index contributed by atoms with van der Waals surface area (Å²) in [7, 11) is 3.81. The number of nitrogens with two attached hydrogens (primary N) is 1. The van der Waals surface area contributed by atoms with E-state index in [-0.39, 0.29) is 18.6 Å². The van der Waals surface area contributed by atoms with E-state index in [2.05, 4.69) is 5.32 Å². The molecular weight excluding hydrogens is 310 g/mol. The Hall–Kier alpha value is -2.80. The first-order valence-corrected chi connectivity index (χ1v) is 7.47. The molecule has 0 saturated carbocycles. The van der Waals surface area contributed by atoms with Gasteiger partial charge in [0.25, 0.3) is 11.8 Å². The van der Waals surface area contributed by atoms with Crippen LogP contribution >= 0.6 is 0 Å². The standard InChI is InChI=1S/C17H21N3O4/c1-20(2)13(15-8-5-9-23-15)10-19-17(22)12-6-3-4-7-14(12)24-11-16(18)21/h3-9,13H,10-11H2,1-2H3,(H2,18,21)(H,19,22)/t13-/m0/s1. The van der Waals surface area contributed by atoms with Gasteiger partial charge in [-0.2, -0.15) is 0 Å². The maximum absolute atomic E-state index is 12.5. The number of hydrogen-bond donors (Lipinski definition) is 2. The van der Waals surface area contributed by atoms with Gasteiger partial charge < -0.3 is 20.2 Å². The van der Waals surface area contributed by atoms with E-state index in [1.54, 1.807) is 36.6 Å². The van der Waals surface area contributed by atoms with Gasteiger partial charge in [-0.1, -0.05) is 12.1 Å². The predicted molar refractivity (Wildman–Crippen MR) is 88.6 cm³/mol. The molecule has 0 aliphatic rings. The molecule has 0 aliphatic heterocycles. The summed E-state index contributed by atoms with van der Waals surface area (Å²) < 4.78 is 10.7. The number of para-hydroxylation sites is 1. The van der Waals surface area contributed by atoms with Crippen molar-refractivity contribution in [3.63, 3.8) is 0 Å². The van der Waals surface area contributed by atoms with Crippen LogP contribution in [0.1, 0.15) is 22.2 Å². The van der Waals surface area contributed by atoms with Crippen molar-refractivity contribution in [3.8, 4) is 5.75 Å². The Bertz CT molecular complexity index is 683. The molecule has 128 valence electrons. The number of benzene rings is 1. The van der Waals surface area contributed by atoms with Gasteiger partial charge in [-0.3, -0.25) is 14.5 Å². The zero-order valence-corrected chi connectivity index (χ0v) is 13.7. The lowest BCUT2D eigenvalue weighted by atomic mass is 10.1. The Morgan fingerprint density at radius 1 is 1.25 bits per heavy atom. The first-order chi connectivity index (χ1) is 11.5. The van der Waals surface area contributed by atoms with Crippen LogP contribution in [0.5, 0.6) is 5.75 Å². The first kappa shape index (κ1) is 17.6. The lowest BCUT2D eigenvalue weighted by Gasteiger charge is -2.22. The van der Waals surface area contributed by atoms with E-state index in [9.17, 15) is 9.59 Å². The molecule has 0 bridgehead atoms. The molecule has 24 heavy (non-hydrogen) atoms. The zero-order chi connectivity index (χ0) is 17.5. The number of carbonyl (C=O) groups is 2. The molecule has 0 fully saturated rings. The Balaban J connectivity index is 2.05. The molecule has 0 radical (unpaired) electrons. The van der Waals surface area contributed by atoms with Crippen molar-refractivity contribution < 1.29 is 18.7 Å². The Morgan fingerprint density at radius 3 is 2.62 bits per heavy atom. The number of furan rings is 1. The second-order valence-corrected chi connectivity index (χ2v) is 5.46. The van der Waals surface area contributed by atoms with Gasteiger partial charge in [0.1, 0.15) is 11.5 Å². The predicted octanol–water partition coefficient (Wildman–Crippen LogP) is 1.18. The summed E-state index contributed by atoms with van der Waals surface area (Å²) in [5.74, 6) is 0.177. The highest BCUT2D eigenvalue weighted by Gasteiger charge is 2.19. The molecule has 2 rings (SSSR count). The largest absolute Gasteiger partial charge is 0.483 e. The van der Waals surface area contributed by atoms with E-state index >= 15 is 0 Å². The number of nitrogens with zero attached hydrogens (tertiary/aromatic N) is 1. The summed E-state index contributed by atoms with van der Waals surface area (Å²) in [6, 6.07) is 10.3. The fraction of sp³-hybridized carbons (Fsp3) is 0.294. The third-order valence-corrected chi connectivity index (χ3v) is 3.45. The van der Waals surface area contributed by atoms with Crippen molar-refractivity contribution in [3.05, 3.63) is 54.0 Å². The number of rotatable bonds is 8. The zero-order valence-electron chi connectivity index (χ0n) is 13.7. The van der Waals surface area contributed by atoms with Crippen LogP contribution in [0.15, 0.2) is 47.1 Å². The quantitative estimate of drug-likeness (QED) is 0.757. The topological polar surface area (TPSA) is 97.8 Å². The van der Waals surface area contributed by atoms with Crippen molar-refractivity contribution in [2.75, 3.05) is 27.2 Å². The lowest BCUT2D eigenvalue weighted by Crippen LogP contribution is -2.34. The molecule has 1 atom stereocenters. The normalized spacial score (nSPS) is 12.0. The van der Waals surface area contributed by atoms with E-state index in [1.165, 1.54) is 0 Å². The Kier molecular flexibility index (Phi) is 5.97. The van der Waals surface area contributed by atoms with Crippen LogP contribution in [0, 0.1) is 0 Å². The average Bonchev–Trinajstić information content (AvgIpc) is 3.07. The van der Waals surface area contributed by atoms with Crippen molar-refractivity contribution in [2.45, 2.75) is 6.04 Å². The molecule has 7 heteroatoms. The molecule has 0 saturated heterocycles. The van der Waals surface area contributed by atoms with E-state index < -0.39 is 5.91 Å². The molecule has 1 aromatic heterocycles. The van der Waals surface area contributed by atoms with Gasteiger partial charge in [-0.15, -0.1) is 0 Å². The van der Waals surface area contributed by atoms with Crippen LogP contribution in [0.4, 0.5) is 0 Å². The van der Waals surface area contributed by atoms with E-state index in [1.807, 2.05) is 25.1 Å². The number of nitrogens with one attached hydrogen (secondary N) is 1. The third-order valence-electron chi connectivity index (χ3n) is 3.45. The van der Waals surface area contributed by atoms with E-state index in [0.717, 1.165) is 5.76 Å². The molecule has 0 unspecified atom stereocenters. The molecular formula is C17H21N3O4. The molecule has 0 aliphatic carbocycles. The van der Waals surface area contributed by atoms with Gasteiger partial charge in [0.05, 0.1) is 17.9 Å². The van der Waals surface area contributed by atoms with Gasteiger partial charge in [-0.05, 0) is 38.4 Å². The highest BCUT2D eigenvalue weighted by Crippen LogP contribution is 2.20. The van der Waals surface area contributed by atoms with Crippen LogP contribution in [0.3, 0.4) is 0 Å². The SMILES string of the molecule is CN(C)[C@@H](CNC(=O)c1ccccc1OCC(N)=O)c1ccco1. The summed E-state index contributed by atoms with van der Waals surface area (Å²) >= 11 is 0. The van der Waals surface area contributed by atoms with Crippen LogP contribution < -0.4 is 15.8 Å².